The molecule has 1 aliphatic heterocycles. The van der Waals surface area contributed by atoms with Gasteiger partial charge in [0.2, 0.25) is 6.16 Å². The second kappa shape index (κ2) is 5.77. The average Bonchev–Trinajstić information content (AvgIpc) is 2.35. The zero-order chi connectivity index (χ0) is 10.3. The highest BCUT2D eigenvalue weighted by Crippen LogP contribution is 2.14. The molecule has 0 aromatic heterocycles. The summed E-state index contributed by atoms with van der Waals surface area (Å²) in [5.74, 6) is 0. The van der Waals surface area contributed by atoms with Crippen molar-refractivity contribution in [1.29, 1.82) is 0 Å². The monoisotopic (exact) mass is 191 g/mol. The van der Waals surface area contributed by atoms with E-state index in [-0.39, 0.29) is 0 Å². The van der Waals surface area contributed by atoms with Gasteiger partial charge in [-0.2, -0.15) is 0 Å². The van der Waals surface area contributed by atoms with Gasteiger partial charge < -0.3 is 24.2 Å². The number of carbonyl (C=O) groups is 1. The Hall–Kier alpha value is -0.810. The molecule has 0 spiro atoms. The molecule has 0 saturated carbocycles. The third-order valence-electron chi connectivity index (χ3n) is 2.09. The summed E-state index contributed by atoms with van der Waals surface area (Å²) in [5.41, 5.74) is 0. The maximum absolute atomic E-state index is 8.44. The lowest BCUT2D eigenvalue weighted by Gasteiger charge is -2.27. The molecule has 1 N–H and O–H groups in total. The van der Waals surface area contributed by atoms with Crippen LogP contribution in [0.25, 0.3) is 0 Å². The van der Waals surface area contributed by atoms with Gasteiger partial charge in [-0.3, -0.25) is 0 Å². The third kappa shape index (κ3) is 6.36. The van der Waals surface area contributed by atoms with E-state index >= 15 is 0 Å². The molecule has 1 saturated heterocycles. The van der Waals surface area contributed by atoms with Gasteiger partial charge in [0.15, 0.2) is 6.73 Å². The van der Waals surface area contributed by atoms with E-state index in [0.29, 0.717) is 0 Å². The van der Waals surface area contributed by atoms with Gasteiger partial charge in [-0.15, -0.1) is 0 Å². The molecule has 5 nitrogen and oxygen atoms in total. The predicted molar refractivity (Wildman–Crippen MR) is 45.1 cm³/mol. The molecule has 0 amide bonds. The van der Waals surface area contributed by atoms with E-state index in [1.54, 1.807) is 7.11 Å². The smallest absolute Gasteiger partial charge is 0.249 e. The molecule has 0 aromatic rings. The summed E-state index contributed by atoms with van der Waals surface area (Å²) in [6.07, 6.45) is 0.666. The lowest BCUT2D eigenvalue weighted by atomic mass is 10.4. The fraction of sp³-hybridized carbons (Fsp3) is 0.875. The lowest BCUT2D eigenvalue weighted by molar-refractivity contribution is -0.916. The van der Waals surface area contributed by atoms with Crippen LogP contribution in [0.2, 0.25) is 0 Å². The minimum atomic E-state index is -2.08. The van der Waals surface area contributed by atoms with Crippen molar-refractivity contribution in [2.75, 3.05) is 34.0 Å². The van der Waals surface area contributed by atoms with Crippen LogP contribution >= 0.6 is 0 Å². The van der Waals surface area contributed by atoms with Crippen LogP contribution < -0.4 is 5.11 Å². The van der Waals surface area contributed by atoms with Gasteiger partial charge in [-0.1, -0.05) is 0 Å². The van der Waals surface area contributed by atoms with Crippen molar-refractivity contribution in [1.82, 2.24) is 0 Å². The van der Waals surface area contributed by atoms with Crippen LogP contribution in [0.1, 0.15) is 12.8 Å². The second-order valence-corrected chi connectivity index (χ2v) is 3.46. The molecule has 13 heavy (non-hydrogen) atoms. The number of carboxylic acid groups (broad SMARTS) is 2. The van der Waals surface area contributed by atoms with E-state index in [0.717, 1.165) is 11.2 Å². The maximum atomic E-state index is 8.44. The highest BCUT2D eigenvalue weighted by molar-refractivity contribution is 5.50. The van der Waals surface area contributed by atoms with E-state index in [2.05, 4.69) is 7.05 Å². The van der Waals surface area contributed by atoms with Crippen molar-refractivity contribution in [2.24, 2.45) is 0 Å². The first kappa shape index (κ1) is 12.2. The highest BCUT2D eigenvalue weighted by Gasteiger charge is 2.25. The van der Waals surface area contributed by atoms with Crippen LogP contribution in [-0.4, -0.2) is 49.7 Å². The second-order valence-electron chi connectivity index (χ2n) is 3.46. The fourth-order valence-electron chi connectivity index (χ4n) is 1.54. The number of hydrogen-bond acceptors (Lipinski definition) is 3. The number of ether oxygens (including phenoxy) is 1. The van der Waals surface area contributed by atoms with Crippen molar-refractivity contribution >= 4 is 6.16 Å². The Kier molecular flexibility index (Phi) is 5.41. The Morgan fingerprint density at radius 2 is 1.92 bits per heavy atom. The summed E-state index contributed by atoms with van der Waals surface area (Å²) in [7, 11) is 4.04. The zero-order valence-electron chi connectivity index (χ0n) is 8.15. The van der Waals surface area contributed by atoms with Crippen LogP contribution in [0.4, 0.5) is 4.79 Å². The number of nitrogens with zero attached hydrogens (tertiary/aromatic N) is 1. The van der Waals surface area contributed by atoms with Gasteiger partial charge >= 0.3 is 0 Å². The van der Waals surface area contributed by atoms with Crippen LogP contribution in [0.3, 0.4) is 0 Å². The first-order valence-corrected chi connectivity index (χ1v) is 4.22. The number of likely N-dealkylation sites (tertiary alicyclic amines) is 1. The van der Waals surface area contributed by atoms with Gasteiger partial charge in [-0.05, 0) is 0 Å². The van der Waals surface area contributed by atoms with Crippen molar-refractivity contribution in [3.63, 3.8) is 0 Å². The van der Waals surface area contributed by atoms with Crippen molar-refractivity contribution in [3.8, 4) is 0 Å². The summed E-state index contributed by atoms with van der Waals surface area (Å²) in [4.78, 5) is 8.44. The molecule has 1 fully saturated rings. The van der Waals surface area contributed by atoms with Crippen LogP contribution in [-0.2, 0) is 4.74 Å². The van der Waals surface area contributed by atoms with Gasteiger partial charge in [0.1, 0.15) is 0 Å². The third-order valence-corrected chi connectivity index (χ3v) is 2.09. The molecule has 0 unspecified atom stereocenters. The molecular weight excluding hydrogens is 174 g/mol. The Balaban J connectivity index is 0.000000310. The van der Waals surface area contributed by atoms with Crippen molar-refractivity contribution < 1.29 is 24.2 Å². The lowest BCUT2D eigenvalue weighted by Crippen LogP contribution is -2.42. The molecule has 0 radical (unpaired) electrons. The Morgan fingerprint density at radius 1 is 1.54 bits per heavy atom. The molecule has 0 aromatic carbocycles. The maximum Gasteiger partial charge on any atom is 0.249 e. The summed E-state index contributed by atoms with van der Waals surface area (Å²) in [6.45, 7) is 3.49. The molecule has 1 heterocycles. The SMILES string of the molecule is COC[N+]1(C)CCCC1.O=C([O-])O. The van der Waals surface area contributed by atoms with Gasteiger partial charge in [0.05, 0.1) is 20.1 Å². The standard InChI is InChI=1S/C7H16NO.CH2O3/c1-8(7-9-2)5-3-4-6-8;2-1(3)4/h3-7H2,1-2H3;(H2,2,3,4)/q+1;/p-1. The molecular formula is C8H17NO4. The Labute approximate surface area is 78.1 Å². The van der Waals surface area contributed by atoms with E-state index in [1.165, 1.54) is 25.9 Å². The molecule has 5 heteroatoms. The molecule has 0 bridgehead atoms. The number of quaternary nitrogens is 1. The normalized spacial score (nSPS) is 18.9. The van der Waals surface area contributed by atoms with Gasteiger partial charge in [0, 0.05) is 20.0 Å². The number of hydrogen-bond donors (Lipinski definition) is 1. The van der Waals surface area contributed by atoms with E-state index in [1.807, 2.05) is 0 Å². The first-order chi connectivity index (χ1) is 6.00. The quantitative estimate of drug-likeness (QED) is 0.609. The predicted octanol–water partition coefficient (Wildman–Crippen LogP) is -0.282. The minimum absolute atomic E-state index is 0.889. The Morgan fingerprint density at radius 3 is 2.23 bits per heavy atom. The van der Waals surface area contributed by atoms with Gasteiger partial charge in [0.25, 0.3) is 0 Å². The van der Waals surface area contributed by atoms with E-state index in [4.69, 9.17) is 19.7 Å². The molecule has 0 atom stereocenters. The topological polar surface area (TPSA) is 69.6 Å². The first-order valence-electron chi connectivity index (χ1n) is 4.22. The van der Waals surface area contributed by atoms with E-state index < -0.39 is 6.16 Å². The largest absolute Gasteiger partial charge is 0.565 e. The minimum Gasteiger partial charge on any atom is -0.565 e. The molecule has 1 aliphatic rings. The zero-order valence-corrected chi connectivity index (χ0v) is 8.15. The molecule has 0 aliphatic carbocycles. The van der Waals surface area contributed by atoms with Crippen LogP contribution in [0, 0.1) is 0 Å². The van der Waals surface area contributed by atoms with Crippen LogP contribution in [0.5, 0.6) is 0 Å². The summed E-state index contributed by atoms with van der Waals surface area (Å²) in [6, 6.07) is 0. The number of rotatable bonds is 2. The molecule has 78 valence electrons. The van der Waals surface area contributed by atoms with Crippen LogP contribution in [0.15, 0.2) is 0 Å². The average molecular weight is 191 g/mol. The van der Waals surface area contributed by atoms with E-state index in [9.17, 15) is 0 Å². The summed E-state index contributed by atoms with van der Waals surface area (Å²) >= 11 is 0. The van der Waals surface area contributed by atoms with Crippen molar-refractivity contribution in [2.45, 2.75) is 12.8 Å². The van der Waals surface area contributed by atoms with Crippen molar-refractivity contribution in [3.05, 3.63) is 0 Å². The summed E-state index contributed by atoms with van der Waals surface area (Å²) < 4.78 is 6.22. The van der Waals surface area contributed by atoms with Gasteiger partial charge in [-0.25, -0.2) is 0 Å². The highest BCUT2D eigenvalue weighted by atomic mass is 16.6. The molecule has 1 rings (SSSR count). The summed E-state index contributed by atoms with van der Waals surface area (Å²) in [5, 5.41) is 15.3. The Bertz CT molecular complexity index is 150. The number of methoxy groups -OCH3 is 1. The fourth-order valence-corrected chi connectivity index (χ4v) is 1.54.